The molecule has 0 radical (unpaired) electrons. The van der Waals surface area contributed by atoms with Gasteiger partial charge in [0.1, 0.15) is 0 Å². The van der Waals surface area contributed by atoms with Crippen LogP contribution in [0.3, 0.4) is 0 Å². The molecule has 0 amide bonds. The smallest absolute Gasteiger partial charge is 1.00 e. The maximum atomic E-state index is 8.56. The predicted octanol–water partition coefficient (Wildman–Crippen LogP) is -1.27. The summed E-state index contributed by atoms with van der Waals surface area (Å²) in [5, 5.41) is 13.9. The van der Waals surface area contributed by atoms with Crippen molar-refractivity contribution >= 4 is 99.0 Å². The van der Waals surface area contributed by atoms with E-state index in [0.717, 1.165) is 0 Å². The van der Waals surface area contributed by atoms with Crippen LogP contribution in [-0.2, 0) is 0 Å². The van der Waals surface area contributed by atoms with Crippen LogP contribution in [0.1, 0.15) is 5.71 Å². The normalized spacial score (nSPS) is 3.43. The average molecular weight is 176 g/mol. The molecule has 0 saturated heterocycles. The Kier molecular flexibility index (Phi) is 51.3. The zero-order valence-corrected chi connectivity index (χ0v) is 7.63. The first-order valence-electron chi connectivity index (χ1n) is 0.651. The summed E-state index contributed by atoms with van der Waals surface area (Å²) in [6.45, 7) is 0. The minimum atomic E-state index is -1.83. The molecule has 0 aromatic carbocycles. The summed E-state index contributed by atoms with van der Waals surface area (Å²) < 4.78 is 0. The Morgan fingerprint density at radius 3 is 1.29 bits per heavy atom. The van der Waals surface area contributed by atoms with Crippen LogP contribution in [0.4, 0.5) is 4.79 Å². The van der Waals surface area contributed by atoms with Gasteiger partial charge in [-0.3, -0.25) is 0 Å². The third-order valence-corrected chi connectivity index (χ3v) is 0. The largest absolute Gasteiger partial charge is 2.00 e. The van der Waals surface area contributed by atoms with Crippen molar-refractivity contribution in [3.63, 3.8) is 0 Å². The zero-order valence-electron chi connectivity index (χ0n) is 7.22. The van der Waals surface area contributed by atoms with Crippen molar-refractivity contribution in [2.75, 3.05) is 0 Å². The molecule has 0 aliphatic carbocycles. The molecule has 7 heavy (non-hydrogen) atoms. The summed E-state index contributed by atoms with van der Waals surface area (Å²) in [7, 11) is 0. The Morgan fingerprint density at radius 2 is 1.29 bits per heavy atom. The van der Waals surface area contributed by atoms with Crippen LogP contribution >= 0.6 is 0 Å². The molecular weight excluding hydrogens is 167 g/mol. The van der Waals surface area contributed by atoms with Crippen molar-refractivity contribution in [2.24, 2.45) is 0 Å². The second kappa shape index (κ2) is 15.8. The van der Waals surface area contributed by atoms with Gasteiger partial charge in [-0.05, 0) is 0 Å². The van der Waals surface area contributed by atoms with Gasteiger partial charge in [0.25, 0.3) is 0 Å². The monoisotopic (exact) mass is 176 g/mol. The number of hydrogen-bond donors (Lipinski definition) is 2. The summed E-state index contributed by atoms with van der Waals surface area (Å²) in [6, 6.07) is 0. The van der Waals surface area contributed by atoms with Gasteiger partial charge in [-0.1, -0.05) is 0 Å². The van der Waals surface area contributed by atoms with Gasteiger partial charge in [0.15, 0.2) is 17.4 Å². The fourth-order valence-corrected chi connectivity index (χ4v) is 0. The summed E-state index contributed by atoms with van der Waals surface area (Å²) in [5.41, 5.74) is 0. The van der Waals surface area contributed by atoms with Gasteiger partial charge in [0.05, 0.1) is 0 Å². The van der Waals surface area contributed by atoms with E-state index in [1.165, 1.54) is 0 Å². The van der Waals surface area contributed by atoms with Crippen LogP contribution in [0.5, 0.6) is 0 Å². The first kappa shape index (κ1) is 22.8. The van der Waals surface area contributed by atoms with Crippen LogP contribution in [-0.4, -0.2) is 109 Å². The van der Waals surface area contributed by atoms with E-state index >= 15 is 0 Å². The average Bonchev–Trinajstić information content (AvgIpc) is 0.811. The molecule has 6 heteroatoms. The second-order valence-corrected chi connectivity index (χ2v) is 0.283. The number of rotatable bonds is 0. The first-order chi connectivity index (χ1) is 1.73. The summed E-state index contributed by atoms with van der Waals surface area (Å²) in [5.74, 6) is 0. The number of carboxylic acid groups (broad SMARTS) is 2. The summed E-state index contributed by atoms with van der Waals surface area (Å²) in [4.78, 5) is 8.56. The molecule has 0 aliphatic rings. The van der Waals surface area contributed by atoms with E-state index < -0.39 is 6.16 Å². The molecule has 38 valence electrons. The third kappa shape index (κ3) is 61.7. The molecular formula is CH9AlCa2O3. The van der Waals surface area contributed by atoms with Crippen molar-refractivity contribution in [2.45, 2.75) is 0 Å². The van der Waals surface area contributed by atoms with Crippen molar-refractivity contribution < 1.29 is 20.7 Å². The molecule has 3 nitrogen and oxygen atoms in total. The zero-order chi connectivity index (χ0) is 3.58. The van der Waals surface area contributed by atoms with Gasteiger partial charge in [0.2, 0.25) is 0 Å². The third-order valence-electron chi connectivity index (χ3n) is 0. The molecule has 0 bridgehead atoms. The van der Waals surface area contributed by atoms with E-state index in [-0.39, 0.29) is 98.5 Å². The Bertz CT molecular complexity index is 46.3. The van der Waals surface area contributed by atoms with E-state index in [0.29, 0.717) is 0 Å². The van der Waals surface area contributed by atoms with Crippen molar-refractivity contribution in [1.82, 2.24) is 0 Å². The quantitative estimate of drug-likeness (QED) is 0.452. The topological polar surface area (TPSA) is 57.5 Å². The molecule has 0 unspecified atom stereocenters. The standard InChI is InChI=1S/CH2O3.Al.2Ca.7H/c2-1(3)4;;;;;;;;;;/h(H2,2,3,4);;;;;;;;;;/q;;2*+2;;;;4*-1. The van der Waals surface area contributed by atoms with Gasteiger partial charge < -0.3 is 15.9 Å². The van der Waals surface area contributed by atoms with E-state index in [4.69, 9.17) is 15.0 Å². The Balaban J connectivity index is -0.00000000214. The molecule has 0 rings (SSSR count). The van der Waals surface area contributed by atoms with E-state index in [9.17, 15) is 0 Å². The van der Waals surface area contributed by atoms with Crippen LogP contribution in [0, 0.1) is 0 Å². The molecule has 0 aromatic rings. The molecule has 0 fully saturated rings. The van der Waals surface area contributed by atoms with Crippen molar-refractivity contribution in [1.29, 1.82) is 0 Å². The SMILES string of the molecule is O=C(O)O.[AlH3].[Ca+2].[Ca+2].[H-].[H-].[H-].[H-]. The minimum Gasteiger partial charge on any atom is -1.00 e. The Labute approximate surface area is 118 Å². The van der Waals surface area contributed by atoms with Gasteiger partial charge in [-0.2, -0.15) is 0 Å². The molecule has 0 atom stereocenters. The summed E-state index contributed by atoms with van der Waals surface area (Å²) >= 11 is 0. The molecule has 0 aromatic heterocycles. The maximum absolute atomic E-state index is 8.56. The van der Waals surface area contributed by atoms with Crippen LogP contribution in [0.2, 0.25) is 0 Å². The number of carbonyl (C=O) groups is 1. The molecule has 2 N–H and O–H groups in total. The van der Waals surface area contributed by atoms with Crippen LogP contribution < -0.4 is 0 Å². The molecule has 0 saturated carbocycles. The van der Waals surface area contributed by atoms with Gasteiger partial charge >= 0.3 is 81.6 Å². The van der Waals surface area contributed by atoms with Gasteiger partial charge in [-0.25, -0.2) is 4.79 Å². The van der Waals surface area contributed by atoms with Crippen LogP contribution in [0.25, 0.3) is 0 Å². The van der Waals surface area contributed by atoms with Crippen molar-refractivity contribution in [3.8, 4) is 0 Å². The minimum absolute atomic E-state index is 0. The second-order valence-electron chi connectivity index (χ2n) is 0.283. The van der Waals surface area contributed by atoms with E-state index in [1.807, 2.05) is 0 Å². The van der Waals surface area contributed by atoms with Gasteiger partial charge in [-0.15, -0.1) is 0 Å². The fourth-order valence-electron chi connectivity index (χ4n) is 0. The Morgan fingerprint density at radius 1 is 1.29 bits per heavy atom. The molecule has 0 spiro atoms. The van der Waals surface area contributed by atoms with Crippen molar-refractivity contribution in [3.05, 3.63) is 0 Å². The Hall–Kier alpha value is 2.32. The van der Waals surface area contributed by atoms with Crippen LogP contribution in [0.15, 0.2) is 0 Å². The predicted molar refractivity (Wildman–Crippen MR) is 36.5 cm³/mol. The molecule has 0 aliphatic heterocycles. The molecule has 0 heterocycles. The van der Waals surface area contributed by atoms with Gasteiger partial charge in [0, 0.05) is 0 Å². The summed E-state index contributed by atoms with van der Waals surface area (Å²) in [6.07, 6.45) is -1.83. The number of hydrogen-bond acceptors (Lipinski definition) is 1. The van der Waals surface area contributed by atoms with E-state index in [1.54, 1.807) is 0 Å². The van der Waals surface area contributed by atoms with E-state index in [2.05, 4.69) is 0 Å². The first-order valence-corrected chi connectivity index (χ1v) is 0.651. The maximum Gasteiger partial charge on any atom is 2.00 e. The fraction of sp³-hybridized carbons (Fsp3) is 0.